The van der Waals surface area contributed by atoms with Gasteiger partial charge in [0.15, 0.2) is 0 Å². The average Bonchev–Trinajstić information content (AvgIpc) is 2.74. The highest BCUT2D eigenvalue weighted by Gasteiger charge is 2.33. The van der Waals surface area contributed by atoms with Crippen molar-refractivity contribution in [3.05, 3.63) is 34.6 Å². The van der Waals surface area contributed by atoms with Crippen LogP contribution in [0.25, 0.3) is 0 Å². The number of nitrogens with zero attached hydrogens (tertiary/aromatic N) is 1. The Bertz CT molecular complexity index is 449. The standard InChI is InChI=1S/C12H14ClFN2O2/c1-16(9-5-15-6-10(9)17)12(18)11-7(13)3-2-4-8(11)14/h2-4,9-10,15,17H,5-6H2,1H3/t9-,10-/m0/s1. The molecule has 0 radical (unpaired) electrons. The van der Waals surface area contributed by atoms with Gasteiger partial charge in [-0.05, 0) is 12.1 Å². The van der Waals surface area contributed by atoms with E-state index in [2.05, 4.69) is 5.32 Å². The predicted molar refractivity (Wildman–Crippen MR) is 66.2 cm³/mol. The van der Waals surface area contributed by atoms with Gasteiger partial charge >= 0.3 is 0 Å². The van der Waals surface area contributed by atoms with Crippen molar-refractivity contribution in [3.8, 4) is 0 Å². The summed E-state index contributed by atoms with van der Waals surface area (Å²) in [7, 11) is 1.53. The molecule has 0 aliphatic carbocycles. The Kier molecular flexibility index (Phi) is 3.85. The molecule has 2 rings (SSSR count). The van der Waals surface area contributed by atoms with Gasteiger partial charge in [-0.15, -0.1) is 0 Å². The number of halogens is 2. The van der Waals surface area contributed by atoms with Crippen molar-refractivity contribution in [3.63, 3.8) is 0 Å². The molecule has 18 heavy (non-hydrogen) atoms. The maximum Gasteiger partial charge on any atom is 0.258 e. The van der Waals surface area contributed by atoms with Gasteiger partial charge in [0, 0.05) is 20.1 Å². The Morgan fingerprint density at radius 1 is 1.56 bits per heavy atom. The highest BCUT2D eigenvalue weighted by molar-refractivity contribution is 6.33. The summed E-state index contributed by atoms with van der Waals surface area (Å²) in [6.07, 6.45) is -0.649. The highest BCUT2D eigenvalue weighted by Crippen LogP contribution is 2.22. The molecule has 0 unspecified atom stereocenters. The fourth-order valence-electron chi connectivity index (χ4n) is 2.08. The fraction of sp³-hybridized carbons (Fsp3) is 0.417. The minimum atomic E-state index is -0.653. The molecule has 1 aromatic rings. The highest BCUT2D eigenvalue weighted by atomic mass is 35.5. The van der Waals surface area contributed by atoms with Crippen LogP contribution >= 0.6 is 11.6 Å². The molecule has 0 aromatic heterocycles. The number of likely N-dealkylation sites (N-methyl/N-ethyl adjacent to an activating group) is 1. The number of hydrogen-bond donors (Lipinski definition) is 2. The van der Waals surface area contributed by atoms with Crippen LogP contribution in [0.5, 0.6) is 0 Å². The van der Waals surface area contributed by atoms with Gasteiger partial charge < -0.3 is 15.3 Å². The normalized spacial score (nSPS) is 23.1. The summed E-state index contributed by atoms with van der Waals surface area (Å²) in [4.78, 5) is 13.5. The second-order valence-electron chi connectivity index (χ2n) is 4.31. The van der Waals surface area contributed by atoms with E-state index >= 15 is 0 Å². The Morgan fingerprint density at radius 2 is 2.28 bits per heavy atom. The molecule has 1 fully saturated rings. The van der Waals surface area contributed by atoms with E-state index in [1.165, 1.54) is 30.1 Å². The SMILES string of the molecule is CN(C(=O)c1c(F)cccc1Cl)[C@H]1CNC[C@@H]1O. The molecule has 2 atom stereocenters. The lowest BCUT2D eigenvalue weighted by molar-refractivity contribution is 0.0577. The number of amides is 1. The third kappa shape index (κ3) is 2.34. The van der Waals surface area contributed by atoms with Crippen LogP contribution in [-0.4, -0.2) is 48.2 Å². The summed E-state index contributed by atoms with van der Waals surface area (Å²) in [5.41, 5.74) is -0.152. The smallest absolute Gasteiger partial charge is 0.258 e. The molecular formula is C12H14ClFN2O2. The lowest BCUT2D eigenvalue weighted by Crippen LogP contribution is -2.44. The fourth-order valence-corrected chi connectivity index (χ4v) is 2.32. The maximum atomic E-state index is 13.6. The van der Waals surface area contributed by atoms with E-state index in [1.54, 1.807) is 0 Å². The van der Waals surface area contributed by atoms with Gasteiger partial charge in [0.1, 0.15) is 5.82 Å². The second kappa shape index (κ2) is 5.22. The van der Waals surface area contributed by atoms with Gasteiger partial charge in [0.05, 0.1) is 22.7 Å². The van der Waals surface area contributed by atoms with Crippen LogP contribution in [0.15, 0.2) is 18.2 Å². The largest absolute Gasteiger partial charge is 0.390 e. The minimum Gasteiger partial charge on any atom is -0.390 e. The number of nitrogens with one attached hydrogen (secondary N) is 1. The van der Waals surface area contributed by atoms with Gasteiger partial charge in [0.25, 0.3) is 5.91 Å². The lowest BCUT2D eigenvalue weighted by Gasteiger charge is -2.26. The van der Waals surface area contributed by atoms with Crippen molar-refractivity contribution in [2.75, 3.05) is 20.1 Å². The second-order valence-corrected chi connectivity index (χ2v) is 4.71. The Hall–Kier alpha value is -1.17. The zero-order valence-corrected chi connectivity index (χ0v) is 10.6. The predicted octanol–water partition coefficient (Wildman–Crippen LogP) is 0.884. The van der Waals surface area contributed by atoms with Crippen molar-refractivity contribution in [2.24, 2.45) is 0 Å². The van der Waals surface area contributed by atoms with Crippen LogP contribution in [0.3, 0.4) is 0 Å². The molecule has 4 nitrogen and oxygen atoms in total. The van der Waals surface area contributed by atoms with Crippen LogP contribution in [0.1, 0.15) is 10.4 Å². The average molecular weight is 273 g/mol. The molecular weight excluding hydrogens is 259 g/mol. The lowest BCUT2D eigenvalue weighted by atomic mass is 10.1. The third-order valence-corrected chi connectivity index (χ3v) is 3.46. The molecule has 0 spiro atoms. The van der Waals surface area contributed by atoms with Gasteiger partial charge in [-0.2, -0.15) is 0 Å². The number of carbonyl (C=O) groups is 1. The van der Waals surface area contributed by atoms with E-state index in [9.17, 15) is 14.3 Å². The van der Waals surface area contributed by atoms with Crippen LogP contribution in [0.4, 0.5) is 4.39 Å². The van der Waals surface area contributed by atoms with E-state index in [0.29, 0.717) is 13.1 Å². The molecule has 98 valence electrons. The number of benzene rings is 1. The van der Waals surface area contributed by atoms with Crippen molar-refractivity contribution >= 4 is 17.5 Å². The summed E-state index contributed by atoms with van der Waals surface area (Å²) in [5, 5.41) is 12.8. The first-order valence-corrected chi connectivity index (χ1v) is 6.00. The molecule has 1 aliphatic heterocycles. The molecule has 1 aliphatic rings. The first kappa shape index (κ1) is 13.3. The monoisotopic (exact) mass is 272 g/mol. The summed E-state index contributed by atoms with van der Waals surface area (Å²) in [6.45, 7) is 0.906. The quantitative estimate of drug-likeness (QED) is 0.841. The van der Waals surface area contributed by atoms with E-state index in [-0.39, 0.29) is 16.6 Å². The molecule has 6 heteroatoms. The van der Waals surface area contributed by atoms with Crippen LogP contribution < -0.4 is 5.32 Å². The van der Waals surface area contributed by atoms with E-state index < -0.39 is 17.8 Å². The Morgan fingerprint density at radius 3 is 2.83 bits per heavy atom. The number of rotatable bonds is 2. The molecule has 0 bridgehead atoms. The van der Waals surface area contributed by atoms with Crippen molar-refractivity contribution < 1.29 is 14.3 Å². The number of β-amino-alcohol motifs (C(OH)–C–C–N with tert-alkyl or cyclic N) is 1. The van der Waals surface area contributed by atoms with Gasteiger partial charge in [-0.25, -0.2) is 4.39 Å². The van der Waals surface area contributed by atoms with Gasteiger partial charge in [-0.1, -0.05) is 17.7 Å². The molecule has 1 saturated heterocycles. The molecule has 2 N–H and O–H groups in total. The van der Waals surface area contributed by atoms with E-state index in [4.69, 9.17) is 11.6 Å². The van der Waals surface area contributed by atoms with E-state index in [0.717, 1.165) is 0 Å². The Labute approximate surface area is 109 Å². The number of hydrogen-bond acceptors (Lipinski definition) is 3. The first-order chi connectivity index (χ1) is 8.52. The summed E-state index contributed by atoms with van der Waals surface area (Å²) < 4.78 is 13.6. The van der Waals surface area contributed by atoms with Crippen LogP contribution in [0.2, 0.25) is 5.02 Å². The van der Waals surface area contributed by atoms with Crippen molar-refractivity contribution in [1.29, 1.82) is 0 Å². The summed E-state index contributed by atoms with van der Waals surface area (Å²) >= 11 is 5.85. The van der Waals surface area contributed by atoms with Crippen molar-refractivity contribution in [2.45, 2.75) is 12.1 Å². The molecule has 1 amide bonds. The summed E-state index contributed by atoms with van der Waals surface area (Å²) in [6, 6.07) is 3.74. The maximum absolute atomic E-state index is 13.6. The molecule has 1 heterocycles. The minimum absolute atomic E-state index is 0.0762. The molecule has 1 aromatic carbocycles. The summed E-state index contributed by atoms with van der Waals surface area (Å²) in [5.74, 6) is -1.18. The number of carbonyl (C=O) groups excluding carboxylic acids is 1. The number of aliphatic hydroxyl groups is 1. The van der Waals surface area contributed by atoms with Crippen molar-refractivity contribution in [1.82, 2.24) is 10.2 Å². The van der Waals surface area contributed by atoms with Gasteiger partial charge in [0.2, 0.25) is 0 Å². The van der Waals surface area contributed by atoms with Crippen LogP contribution in [0, 0.1) is 5.82 Å². The van der Waals surface area contributed by atoms with Gasteiger partial charge in [-0.3, -0.25) is 4.79 Å². The molecule has 0 saturated carbocycles. The van der Waals surface area contributed by atoms with E-state index in [1.807, 2.05) is 0 Å². The topological polar surface area (TPSA) is 52.6 Å². The zero-order valence-electron chi connectivity index (χ0n) is 9.86. The number of aliphatic hydroxyl groups excluding tert-OH is 1. The Balaban J connectivity index is 2.26. The first-order valence-electron chi connectivity index (χ1n) is 5.62. The zero-order chi connectivity index (χ0) is 13.3. The third-order valence-electron chi connectivity index (χ3n) is 3.15. The van der Waals surface area contributed by atoms with Crippen LogP contribution in [-0.2, 0) is 0 Å².